The SMILES string of the molecule is CC(C)NCC1CCC1N(C)CC1CCCOC1. The van der Waals surface area contributed by atoms with Gasteiger partial charge in [0.1, 0.15) is 0 Å². The number of hydrogen-bond acceptors (Lipinski definition) is 3. The van der Waals surface area contributed by atoms with E-state index in [1.807, 2.05) is 0 Å². The Morgan fingerprint density at radius 2 is 2.11 bits per heavy atom. The summed E-state index contributed by atoms with van der Waals surface area (Å²) in [6.07, 6.45) is 5.39. The summed E-state index contributed by atoms with van der Waals surface area (Å²) in [5, 5.41) is 3.58. The Balaban J connectivity index is 1.69. The zero-order valence-electron chi connectivity index (χ0n) is 12.3. The molecule has 1 aliphatic heterocycles. The van der Waals surface area contributed by atoms with Gasteiger partial charge in [0.25, 0.3) is 0 Å². The van der Waals surface area contributed by atoms with Crippen LogP contribution in [0.25, 0.3) is 0 Å². The fraction of sp³-hybridized carbons (Fsp3) is 1.00. The molecule has 3 unspecified atom stereocenters. The van der Waals surface area contributed by atoms with Gasteiger partial charge in [-0.15, -0.1) is 0 Å². The number of hydrogen-bond donors (Lipinski definition) is 1. The van der Waals surface area contributed by atoms with Gasteiger partial charge in [-0.05, 0) is 51.1 Å². The van der Waals surface area contributed by atoms with Crippen LogP contribution >= 0.6 is 0 Å². The number of nitrogens with zero attached hydrogens (tertiary/aromatic N) is 1. The normalized spacial score (nSPS) is 32.8. The van der Waals surface area contributed by atoms with E-state index in [9.17, 15) is 0 Å². The molecule has 0 bridgehead atoms. The largest absolute Gasteiger partial charge is 0.381 e. The van der Waals surface area contributed by atoms with E-state index < -0.39 is 0 Å². The first kappa shape index (κ1) is 14.3. The summed E-state index contributed by atoms with van der Waals surface area (Å²) >= 11 is 0. The minimum atomic E-state index is 0.614. The van der Waals surface area contributed by atoms with Gasteiger partial charge in [0.05, 0.1) is 6.61 Å². The van der Waals surface area contributed by atoms with Crippen molar-refractivity contribution >= 4 is 0 Å². The molecule has 2 fully saturated rings. The zero-order chi connectivity index (χ0) is 13.0. The lowest BCUT2D eigenvalue weighted by atomic mass is 9.78. The van der Waals surface area contributed by atoms with Crippen molar-refractivity contribution in [1.82, 2.24) is 10.2 Å². The highest BCUT2D eigenvalue weighted by Gasteiger charge is 2.34. The molecule has 0 aromatic carbocycles. The molecule has 2 aliphatic rings. The summed E-state index contributed by atoms with van der Waals surface area (Å²) in [7, 11) is 2.31. The summed E-state index contributed by atoms with van der Waals surface area (Å²) < 4.78 is 5.58. The fourth-order valence-corrected chi connectivity index (χ4v) is 3.25. The van der Waals surface area contributed by atoms with Crippen LogP contribution in [0.4, 0.5) is 0 Å². The molecule has 1 heterocycles. The molecule has 0 spiro atoms. The lowest BCUT2D eigenvalue weighted by molar-refractivity contribution is 0.0142. The maximum Gasteiger partial charge on any atom is 0.0506 e. The summed E-state index contributed by atoms with van der Waals surface area (Å²) in [5.74, 6) is 1.63. The van der Waals surface area contributed by atoms with E-state index in [1.54, 1.807) is 0 Å². The van der Waals surface area contributed by atoms with Gasteiger partial charge in [-0.2, -0.15) is 0 Å². The van der Waals surface area contributed by atoms with Crippen molar-refractivity contribution in [1.29, 1.82) is 0 Å². The van der Waals surface area contributed by atoms with Crippen LogP contribution in [-0.4, -0.2) is 50.3 Å². The van der Waals surface area contributed by atoms with E-state index in [-0.39, 0.29) is 0 Å². The van der Waals surface area contributed by atoms with E-state index >= 15 is 0 Å². The number of nitrogens with one attached hydrogen (secondary N) is 1. The Morgan fingerprint density at radius 3 is 2.67 bits per heavy atom. The fourth-order valence-electron chi connectivity index (χ4n) is 3.25. The Labute approximate surface area is 112 Å². The number of ether oxygens (including phenoxy) is 1. The van der Waals surface area contributed by atoms with Crippen molar-refractivity contribution in [3.63, 3.8) is 0 Å². The molecule has 0 amide bonds. The van der Waals surface area contributed by atoms with E-state index in [2.05, 4.69) is 31.1 Å². The Hall–Kier alpha value is -0.120. The van der Waals surface area contributed by atoms with Crippen LogP contribution in [0, 0.1) is 11.8 Å². The van der Waals surface area contributed by atoms with Gasteiger partial charge in [-0.1, -0.05) is 13.8 Å². The zero-order valence-corrected chi connectivity index (χ0v) is 12.3. The molecule has 0 aromatic rings. The van der Waals surface area contributed by atoms with Crippen molar-refractivity contribution in [2.75, 3.05) is 33.4 Å². The molecule has 1 N–H and O–H groups in total. The summed E-state index contributed by atoms with van der Waals surface area (Å²) in [6, 6.07) is 1.42. The van der Waals surface area contributed by atoms with Crippen LogP contribution in [0.3, 0.4) is 0 Å². The maximum absolute atomic E-state index is 5.58. The van der Waals surface area contributed by atoms with Crippen LogP contribution in [-0.2, 0) is 4.74 Å². The van der Waals surface area contributed by atoms with Crippen molar-refractivity contribution in [3.8, 4) is 0 Å². The smallest absolute Gasteiger partial charge is 0.0506 e. The minimum Gasteiger partial charge on any atom is -0.381 e. The Morgan fingerprint density at radius 1 is 1.28 bits per heavy atom. The van der Waals surface area contributed by atoms with Gasteiger partial charge in [-0.3, -0.25) is 0 Å². The molecule has 3 heteroatoms. The van der Waals surface area contributed by atoms with Gasteiger partial charge in [0, 0.05) is 25.2 Å². The van der Waals surface area contributed by atoms with Crippen LogP contribution in [0.2, 0.25) is 0 Å². The van der Waals surface area contributed by atoms with Gasteiger partial charge in [0.2, 0.25) is 0 Å². The van der Waals surface area contributed by atoms with Crippen molar-refractivity contribution in [2.45, 2.75) is 51.6 Å². The quantitative estimate of drug-likeness (QED) is 0.786. The van der Waals surface area contributed by atoms with Crippen molar-refractivity contribution < 1.29 is 4.74 Å². The molecule has 106 valence electrons. The highest BCUT2D eigenvalue weighted by Crippen LogP contribution is 2.32. The van der Waals surface area contributed by atoms with E-state index in [1.165, 1.54) is 38.8 Å². The molecule has 3 atom stereocenters. The second-order valence-electron chi connectivity index (χ2n) is 6.49. The van der Waals surface area contributed by atoms with Crippen molar-refractivity contribution in [3.05, 3.63) is 0 Å². The third kappa shape index (κ3) is 3.94. The van der Waals surface area contributed by atoms with E-state index in [0.29, 0.717) is 6.04 Å². The summed E-state index contributed by atoms with van der Waals surface area (Å²) in [6.45, 7) is 8.83. The first-order valence-electron chi connectivity index (χ1n) is 7.68. The Kier molecular flexibility index (Phi) is 5.46. The molecule has 1 saturated heterocycles. The third-order valence-electron chi connectivity index (χ3n) is 4.53. The molecule has 2 rings (SSSR count). The lowest BCUT2D eigenvalue weighted by Gasteiger charge is -2.44. The average Bonchev–Trinajstić information content (AvgIpc) is 2.28. The molecule has 1 saturated carbocycles. The molecule has 3 nitrogen and oxygen atoms in total. The topological polar surface area (TPSA) is 24.5 Å². The average molecular weight is 254 g/mol. The van der Waals surface area contributed by atoms with Gasteiger partial charge in [0.15, 0.2) is 0 Å². The Bertz CT molecular complexity index is 239. The second kappa shape index (κ2) is 6.88. The predicted octanol–water partition coefficient (Wildman–Crippen LogP) is 2.12. The molecular formula is C15H30N2O. The summed E-state index contributed by atoms with van der Waals surface area (Å²) in [5.41, 5.74) is 0. The monoisotopic (exact) mass is 254 g/mol. The molecule has 0 radical (unpaired) electrons. The van der Waals surface area contributed by atoms with Gasteiger partial charge < -0.3 is 15.0 Å². The van der Waals surface area contributed by atoms with Gasteiger partial charge in [-0.25, -0.2) is 0 Å². The van der Waals surface area contributed by atoms with Crippen LogP contribution < -0.4 is 5.32 Å². The predicted molar refractivity (Wildman–Crippen MR) is 75.8 cm³/mol. The van der Waals surface area contributed by atoms with Crippen LogP contribution in [0.1, 0.15) is 39.5 Å². The number of rotatable bonds is 6. The minimum absolute atomic E-state index is 0.614. The van der Waals surface area contributed by atoms with Crippen LogP contribution in [0.5, 0.6) is 0 Å². The molecule has 18 heavy (non-hydrogen) atoms. The lowest BCUT2D eigenvalue weighted by Crippen LogP contribution is -2.51. The highest BCUT2D eigenvalue weighted by molar-refractivity contribution is 4.90. The van der Waals surface area contributed by atoms with E-state index in [4.69, 9.17) is 4.74 Å². The standard InChI is InChI=1S/C15H30N2O/c1-12(2)16-9-14-6-7-15(14)17(3)10-13-5-4-8-18-11-13/h12-16H,4-11H2,1-3H3. The third-order valence-corrected chi connectivity index (χ3v) is 4.53. The summed E-state index contributed by atoms with van der Waals surface area (Å²) in [4.78, 5) is 2.59. The second-order valence-corrected chi connectivity index (χ2v) is 6.49. The molecule has 0 aromatic heterocycles. The molecule has 1 aliphatic carbocycles. The van der Waals surface area contributed by atoms with E-state index in [0.717, 1.165) is 31.1 Å². The first-order chi connectivity index (χ1) is 8.66. The highest BCUT2D eigenvalue weighted by atomic mass is 16.5. The van der Waals surface area contributed by atoms with Crippen LogP contribution in [0.15, 0.2) is 0 Å². The van der Waals surface area contributed by atoms with Crippen molar-refractivity contribution in [2.24, 2.45) is 11.8 Å². The first-order valence-corrected chi connectivity index (χ1v) is 7.68. The maximum atomic E-state index is 5.58. The van der Waals surface area contributed by atoms with Gasteiger partial charge >= 0.3 is 0 Å². The molecular weight excluding hydrogens is 224 g/mol.